The number of nitrogens with zero attached hydrogens (tertiary/aromatic N) is 2. The first-order valence-corrected chi connectivity index (χ1v) is 9.47. The fourth-order valence-corrected chi connectivity index (χ4v) is 4.13. The summed E-state index contributed by atoms with van der Waals surface area (Å²) in [6.45, 7) is 4.36. The zero-order chi connectivity index (χ0) is 18.6. The van der Waals surface area contributed by atoms with Crippen LogP contribution in [0.1, 0.15) is 20.3 Å². The molecule has 1 fully saturated rings. The van der Waals surface area contributed by atoms with Crippen molar-refractivity contribution < 1.29 is 22.7 Å². The Hall–Kier alpha value is -2.13. The minimum atomic E-state index is -3.71. The van der Waals surface area contributed by atoms with Crippen molar-refractivity contribution >= 4 is 27.5 Å². The molecule has 0 spiro atoms. The Balaban J connectivity index is 2.22. The van der Waals surface area contributed by atoms with E-state index in [9.17, 15) is 18.0 Å². The summed E-state index contributed by atoms with van der Waals surface area (Å²) in [5.41, 5.74) is 0.302. The van der Waals surface area contributed by atoms with E-state index in [1.807, 2.05) is 0 Å². The summed E-state index contributed by atoms with van der Waals surface area (Å²) in [5, 5.41) is 2.57. The summed E-state index contributed by atoms with van der Waals surface area (Å²) in [6.07, 6.45) is 0.408. The van der Waals surface area contributed by atoms with Crippen LogP contribution in [0.5, 0.6) is 5.75 Å². The number of hydrogen-bond donors (Lipinski definition) is 1. The molecular formula is C16H23N3O5S. The smallest absolute Gasteiger partial charge is 0.243 e. The number of carbonyl (C=O) groups is 2. The maximum Gasteiger partial charge on any atom is 0.243 e. The SMILES string of the molecule is CCC(=O)N1CCN(S(=O)(=O)c2ccc(OC)c(NC(C)=O)c2)CC1. The van der Waals surface area contributed by atoms with E-state index in [1.54, 1.807) is 11.8 Å². The van der Waals surface area contributed by atoms with Crippen LogP contribution >= 0.6 is 0 Å². The number of amides is 2. The Labute approximate surface area is 147 Å². The molecule has 0 aliphatic carbocycles. The second-order valence-electron chi connectivity index (χ2n) is 5.68. The van der Waals surface area contributed by atoms with E-state index in [0.717, 1.165) is 0 Å². The average Bonchev–Trinajstić information content (AvgIpc) is 2.60. The first kappa shape index (κ1) is 19.2. The monoisotopic (exact) mass is 369 g/mol. The van der Waals surface area contributed by atoms with E-state index in [0.29, 0.717) is 30.9 Å². The zero-order valence-electron chi connectivity index (χ0n) is 14.6. The van der Waals surface area contributed by atoms with E-state index < -0.39 is 10.0 Å². The van der Waals surface area contributed by atoms with E-state index in [2.05, 4.69) is 5.32 Å². The molecule has 1 heterocycles. The molecular weight excluding hydrogens is 346 g/mol. The van der Waals surface area contributed by atoms with Crippen molar-refractivity contribution in [2.24, 2.45) is 0 Å². The van der Waals surface area contributed by atoms with E-state index in [4.69, 9.17) is 4.74 Å². The number of rotatable bonds is 5. The lowest BCUT2D eigenvalue weighted by atomic mass is 10.3. The Bertz CT molecular complexity index is 755. The fourth-order valence-electron chi connectivity index (χ4n) is 2.69. The van der Waals surface area contributed by atoms with Crippen LogP contribution in [-0.2, 0) is 19.6 Å². The molecule has 0 atom stereocenters. The van der Waals surface area contributed by atoms with Crippen molar-refractivity contribution in [3.05, 3.63) is 18.2 Å². The fraction of sp³-hybridized carbons (Fsp3) is 0.500. The molecule has 25 heavy (non-hydrogen) atoms. The van der Waals surface area contributed by atoms with Crippen molar-refractivity contribution in [1.82, 2.24) is 9.21 Å². The second kappa shape index (κ2) is 7.83. The number of hydrogen-bond acceptors (Lipinski definition) is 5. The second-order valence-corrected chi connectivity index (χ2v) is 7.62. The van der Waals surface area contributed by atoms with Crippen molar-refractivity contribution in [3.8, 4) is 5.75 Å². The quantitative estimate of drug-likeness (QED) is 0.832. The topological polar surface area (TPSA) is 96.0 Å². The molecule has 138 valence electrons. The van der Waals surface area contributed by atoms with E-state index >= 15 is 0 Å². The highest BCUT2D eigenvalue weighted by molar-refractivity contribution is 7.89. The van der Waals surface area contributed by atoms with Crippen LogP contribution in [0.4, 0.5) is 5.69 Å². The van der Waals surface area contributed by atoms with Crippen molar-refractivity contribution in [2.45, 2.75) is 25.2 Å². The lowest BCUT2D eigenvalue weighted by molar-refractivity contribution is -0.132. The van der Waals surface area contributed by atoms with Gasteiger partial charge in [0.2, 0.25) is 21.8 Å². The van der Waals surface area contributed by atoms with Gasteiger partial charge in [-0.05, 0) is 18.2 Å². The third-order valence-corrected chi connectivity index (χ3v) is 5.91. The lowest BCUT2D eigenvalue weighted by Gasteiger charge is -2.34. The summed E-state index contributed by atoms with van der Waals surface area (Å²) in [7, 11) is -2.27. The minimum Gasteiger partial charge on any atom is -0.495 e. The van der Waals surface area contributed by atoms with Crippen LogP contribution in [0.25, 0.3) is 0 Å². The molecule has 0 bridgehead atoms. The van der Waals surface area contributed by atoms with Crippen LogP contribution in [0.15, 0.2) is 23.1 Å². The summed E-state index contributed by atoms with van der Waals surface area (Å²) in [4.78, 5) is 24.8. The highest BCUT2D eigenvalue weighted by Crippen LogP contribution is 2.29. The molecule has 1 saturated heterocycles. The molecule has 8 nitrogen and oxygen atoms in total. The highest BCUT2D eigenvalue weighted by Gasteiger charge is 2.30. The average molecular weight is 369 g/mol. The normalized spacial score (nSPS) is 15.7. The van der Waals surface area contributed by atoms with Gasteiger partial charge in [-0.3, -0.25) is 9.59 Å². The van der Waals surface area contributed by atoms with Crippen LogP contribution in [-0.4, -0.2) is 62.7 Å². The van der Waals surface area contributed by atoms with Crippen LogP contribution in [0, 0.1) is 0 Å². The van der Waals surface area contributed by atoms with Crippen LogP contribution in [0.2, 0.25) is 0 Å². The van der Waals surface area contributed by atoms with Crippen molar-refractivity contribution in [1.29, 1.82) is 0 Å². The van der Waals surface area contributed by atoms with Crippen molar-refractivity contribution in [3.63, 3.8) is 0 Å². The van der Waals surface area contributed by atoms with Gasteiger partial charge in [-0.15, -0.1) is 0 Å². The summed E-state index contributed by atoms with van der Waals surface area (Å²) in [5.74, 6) is 0.0847. The number of nitrogens with one attached hydrogen (secondary N) is 1. The molecule has 1 aliphatic heterocycles. The third-order valence-electron chi connectivity index (χ3n) is 4.01. The van der Waals surface area contributed by atoms with E-state index in [1.165, 1.54) is 36.5 Å². The molecule has 1 aromatic rings. The van der Waals surface area contributed by atoms with Gasteiger partial charge in [-0.2, -0.15) is 4.31 Å². The van der Waals surface area contributed by atoms with Gasteiger partial charge < -0.3 is 15.0 Å². The molecule has 9 heteroatoms. The van der Waals surface area contributed by atoms with Gasteiger partial charge in [0.15, 0.2) is 0 Å². The third kappa shape index (κ3) is 4.29. The number of benzene rings is 1. The molecule has 0 radical (unpaired) electrons. The Morgan fingerprint density at radius 2 is 1.84 bits per heavy atom. The number of methoxy groups -OCH3 is 1. The maximum absolute atomic E-state index is 12.8. The summed E-state index contributed by atoms with van der Waals surface area (Å²) in [6, 6.07) is 4.34. The number of carbonyl (C=O) groups excluding carboxylic acids is 2. The van der Waals surface area contributed by atoms with E-state index in [-0.39, 0.29) is 29.8 Å². The molecule has 0 aromatic heterocycles. The molecule has 2 amide bonds. The zero-order valence-corrected chi connectivity index (χ0v) is 15.4. The molecule has 1 aliphatic rings. The molecule has 0 unspecified atom stereocenters. The molecule has 1 aromatic carbocycles. The minimum absolute atomic E-state index is 0.0226. The number of anilines is 1. The number of ether oxygens (including phenoxy) is 1. The Kier molecular flexibility index (Phi) is 6.02. The van der Waals surface area contributed by atoms with Gasteiger partial charge >= 0.3 is 0 Å². The molecule has 0 saturated carbocycles. The van der Waals surface area contributed by atoms with Gasteiger partial charge in [0.1, 0.15) is 5.75 Å². The molecule has 2 rings (SSSR count). The number of piperazine rings is 1. The standard InChI is InChI=1S/C16H23N3O5S/c1-4-16(21)18-7-9-19(10-8-18)25(22,23)13-5-6-15(24-3)14(11-13)17-12(2)20/h5-6,11H,4,7-10H2,1-3H3,(H,17,20). The Morgan fingerprint density at radius 3 is 2.36 bits per heavy atom. The Morgan fingerprint density at radius 1 is 1.20 bits per heavy atom. The van der Waals surface area contributed by atoms with Gasteiger partial charge in [0, 0.05) is 39.5 Å². The molecule has 1 N–H and O–H groups in total. The first-order chi connectivity index (χ1) is 11.8. The first-order valence-electron chi connectivity index (χ1n) is 8.03. The highest BCUT2D eigenvalue weighted by atomic mass is 32.2. The summed E-state index contributed by atoms with van der Waals surface area (Å²) < 4.78 is 32.2. The van der Waals surface area contributed by atoms with Crippen LogP contribution < -0.4 is 10.1 Å². The predicted octanol–water partition coefficient (Wildman–Crippen LogP) is 0.896. The maximum atomic E-state index is 12.8. The van der Waals surface area contributed by atoms with Gasteiger partial charge in [-0.25, -0.2) is 8.42 Å². The van der Waals surface area contributed by atoms with Gasteiger partial charge in [-0.1, -0.05) is 6.92 Å². The predicted molar refractivity (Wildman–Crippen MR) is 92.9 cm³/mol. The van der Waals surface area contributed by atoms with Gasteiger partial charge in [0.25, 0.3) is 0 Å². The summed E-state index contributed by atoms with van der Waals surface area (Å²) >= 11 is 0. The number of sulfonamides is 1. The van der Waals surface area contributed by atoms with Crippen LogP contribution in [0.3, 0.4) is 0 Å². The van der Waals surface area contributed by atoms with Crippen molar-refractivity contribution in [2.75, 3.05) is 38.6 Å². The largest absolute Gasteiger partial charge is 0.495 e. The van der Waals surface area contributed by atoms with Gasteiger partial charge in [0.05, 0.1) is 17.7 Å². The lowest BCUT2D eigenvalue weighted by Crippen LogP contribution is -2.50.